The number of hydrogen-bond acceptors (Lipinski definition) is 3. The molecule has 3 unspecified atom stereocenters. The lowest BCUT2D eigenvalue weighted by molar-refractivity contribution is 0.248. The molecular weight excluding hydrogens is 326 g/mol. The summed E-state index contributed by atoms with van der Waals surface area (Å²) < 4.78 is 1.14. The maximum Gasteiger partial charge on any atom is 0.0329 e. The Hall–Kier alpha value is -0.420. The summed E-state index contributed by atoms with van der Waals surface area (Å²) in [4.78, 5) is 4.98. The molecule has 0 saturated carbocycles. The van der Waals surface area contributed by atoms with Gasteiger partial charge in [0.25, 0.3) is 0 Å². The molecule has 0 spiro atoms. The average molecular weight is 354 g/mol. The van der Waals surface area contributed by atoms with E-state index in [9.17, 15) is 0 Å². The van der Waals surface area contributed by atoms with Crippen molar-refractivity contribution in [3.8, 4) is 0 Å². The minimum absolute atomic E-state index is 0.437. The maximum absolute atomic E-state index is 3.50. The van der Waals surface area contributed by atoms with E-state index in [1.54, 1.807) is 0 Å². The van der Waals surface area contributed by atoms with Crippen LogP contribution < -0.4 is 5.32 Å². The van der Waals surface area contributed by atoms with Crippen molar-refractivity contribution >= 4 is 15.9 Å². The Bertz CT molecular complexity index is 432. The summed E-state index contributed by atoms with van der Waals surface area (Å²) in [5.41, 5.74) is 1.37. The highest BCUT2D eigenvalue weighted by Gasteiger charge is 2.30. The van der Waals surface area contributed by atoms with Crippen molar-refractivity contribution < 1.29 is 0 Å². The zero-order valence-corrected chi connectivity index (χ0v) is 15.2. The highest BCUT2D eigenvalue weighted by atomic mass is 79.9. The number of nitrogens with one attached hydrogen (secondary N) is 1. The van der Waals surface area contributed by atoms with Crippen LogP contribution in [0.2, 0.25) is 0 Å². The number of hydrogen-bond donors (Lipinski definition) is 1. The van der Waals surface area contributed by atoms with Crippen LogP contribution in [0.5, 0.6) is 0 Å². The second-order valence-electron chi connectivity index (χ2n) is 6.45. The molecule has 4 heteroatoms. The van der Waals surface area contributed by atoms with Crippen LogP contribution in [0, 0.1) is 5.92 Å². The molecule has 1 aromatic carbocycles. The van der Waals surface area contributed by atoms with E-state index in [0.717, 1.165) is 23.4 Å². The maximum atomic E-state index is 3.50. The third kappa shape index (κ3) is 4.52. The van der Waals surface area contributed by atoms with E-state index >= 15 is 0 Å². The second-order valence-corrected chi connectivity index (χ2v) is 7.36. The molecule has 1 aromatic rings. The van der Waals surface area contributed by atoms with Crippen LogP contribution in [0.15, 0.2) is 28.7 Å². The molecule has 1 heterocycles. The summed E-state index contributed by atoms with van der Waals surface area (Å²) in [6.45, 7) is 5.95. The fourth-order valence-corrected chi connectivity index (χ4v) is 3.65. The van der Waals surface area contributed by atoms with Gasteiger partial charge >= 0.3 is 0 Å². The van der Waals surface area contributed by atoms with Gasteiger partial charge in [-0.2, -0.15) is 0 Å². The van der Waals surface area contributed by atoms with E-state index in [4.69, 9.17) is 0 Å². The van der Waals surface area contributed by atoms with Gasteiger partial charge < -0.3 is 15.1 Å². The summed E-state index contributed by atoms with van der Waals surface area (Å²) >= 11 is 3.50. The van der Waals surface area contributed by atoms with E-state index in [0.29, 0.717) is 12.1 Å². The Kier molecular flexibility index (Phi) is 6.23. The molecule has 1 N–H and O–H groups in total. The van der Waals surface area contributed by atoms with Crippen LogP contribution in [0.25, 0.3) is 0 Å². The zero-order valence-electron chi connectivity index (χ0n) is 13.6. The van der Waals surface area contributed by atoms with Crippen molar-refractivity contribution in [1.82, 2.24) is 15.1 Å². The quantitative estimate of drug-likeness (QED) is 0.847. The van der Waals surface area contributed by atoms with Gasteiger partial charge in [-0.25, -0.2) is 0 Å². The fraction of sp³-hybridized carbons (Fsp3) is 0.647. The number of likely N-dealkylation sites (tertiary alicyclic amines) is 1. The topological polar surface area (TPSA) is 18.5 Å². The first-order valence-corrected chi connectivity index (χ1v) is 8.62. The average Bonchev–Trinajstić information content (AvgIpc) is 2.82. The first-order chi connectivity index (χ1) is 10.0. The monoisotopic (exact) mass is 353 g/mol. The molecule has 118 valence electrons. The summed E-state index contributed by atoms with van der Waals surface area (Å²) in [6.07, 6.45) is 1.16. The predicted molar refractivity (Wildman–Crippen MR) is 93.6 cm³/mol. The summed E-state index contributed by atoms with van der Waals surface area (Å²) in [6, 6.07) is 9.80. The SMILES string of the molecule is CNC(CCN1CC(C)C(N(C)C)C1)c1ccc(Br)cc1. The predicted octanol–water partition coefficient (Wildman–Crippen LogP) is 2.98. The van der Waals surface area contributed by atoms with Gasteiger partial charge in [-0.15, -0.1) is 0 Å². The first kappa shape index (κ1) is 16.9. The third-order valence-corrected chi connectivity index (χ3v) is 5.20. The van der Waals surface area contributed by atoms with Crippen molar-refractivity contribution in [2.45, 2.75) is 25.4 Å². The van der Waals surface area contributed by atoms with Crippen LogP contribution in [0.1, 0.15) is 24.9 Å². The smallest absolute Gasteiger partial charge is 0.0329 e. The third-order valence-electron chi connectivity index (χ3n) is 4.67. The van der Waals surface area contributed by atoms with Crippen LogP contribution >= 0.6 is 15.9 Å². The van der Waals surface area contributed by atoms with Gasteiger partial charge in [-0.05, 0) is 51.2 Å². The van der Waals surface area contributed by atoms with Crippen molar-refractivity contribution in [3.63, 3.8) is 0 Å². The lowest BCUT2D eigenvalue weighted by Crippen LogP contribution is -2.34. The number of likely N-dealkylation sites (N-methyl/N-ethyl adjacent to an activating group) is 1. The Morgan fingerprint density at radius 3 is 2.48 bits per heavy atom. The van der Waals surface area contributed by atoms with E-state index in [-0.39, 0.29) is 0 Å². The highest BCUT2D eigenvalue weighted by Crippen LogP contribution is 2.23. The number of benzene rings is 1. The molecule has 0 radical (unpaired) electrons. The lowest BCUT2D eigenvalue weighted by Gasteiger charge is -2.23. The Morgan fingerprint density at radius 2 is 1.95 bits per heavy atom. The Balaban J connectivity index is 1.88. The van der Waals surface area contributed by atoms with Gasteiger partial charge in [-0.3, -0.25) is 0 Å². The minimum atomic E-state index is 0.437. The van der Waals surface area contributed by atoms with Crippen LogP contribution in [-0.2, 0) is 0 Å². The molecule has 2 rings (SSSR count). The summed E-state index contributed by atoms with van der Waals surface area (Å²) in [5, 5.41) is 3.45. The largest absolute Gasteiger partial charge is 0.313 e. The van der Waals surface area contributed by atoms with Gasteiger partial charge in [-0.1, -0.05) is 35.0 Å². The molecule has 0 aromatic heterocycles. The normalized spacial score (nSPS) is 24.7. The Labute approximate surface area is 137 Å². The molecule has 3 nitrogen and oxygen atoms in total. The fourth-order valence-electron chi connectivity index (χ4n) is 3.39. The molecule has 0 amide bonds. The molecule has 1 fully saturated rings. The van der Waals surface area contributed by atoms with Crippen LogP contribution in [0.3, 0.4) is 0 Å². The molecule has 21 heavy (non-hydrogen) atoms. The number of halogens is 1. The van der Waals surface area contributed by atoms with Gasteiger partial charge in [0.2, 0.25) is 0 Å². The van der Waals surface area contributed by atoms with Gasteiger partial charge in [0.15, 0.2) is 0 Å². The molecule has 1 aliphatic rings. The molecule has 0 aliphatic carbocycles. The van der Waals surface area contributed by atoms with Crippen molar-refractivity contribution in [3.05, 3.63) is 34.3 Å². The van der Waals surface area contributed by atoms with Gasteiger partial charge in [0.1, 0.15) is 0 Å². The van der Waals surface area contributed by atoms with Crippen molar-refractivity contribution in [1.29, 1.82) is 0 Å². The number of nitrogens with zero attached hydrogens (tertiary/aromatic N) is 2. The molecule has 1 saturated heterocycles. The molecular formula is C17H28BrN3. The summed E-state index contributed by atoms with van der Waals surface area (Å²) in [7, 11) is 6.45. The molecule has 1 aliphatic heterocycles. The molecule has 3 atom stereocenters. The van der Waals surface area contributed by atoms with Gasteiger partial charge in [0, 0.05) is 36.2 Å². The van der Waals surface area contributed by atoms with Crippen molar-refractivity contribution in [2.24, 2.45) is 5.92 Å². The van der Waals surface area contributed by atoms with Crippen molar-refractivity contribution in [2.75, 3.05) is 40.8 Å². The summed E-state index contributed by atoms with van der Waals surface area (Å²) in [5.74, 6) is 0.765. The van der Waals surface area contributed by atoms with Crippen LogP contribution in [0.4, 0.5) is 0 Å². The minimum Gasteiger partial charge on any atom is -0.313 e. The lowest BCUT2D eigenvalue weighted by atomic mass is 10.0. The van der Waals surface area contributed by atoms with Crippen LogP contribution in [-0.4, -0.2) is 56.6 Å². The highest BCUT2D eigenvalue weighted by molar-refractivity contribution is 9.10. The van der Waals surface area contributed by atoms with E-state index in [1.807, 2.05) is 0 Å². The standard InChI is InChI=1S/C17H28BrN3/c1-13-11-21(12-17(13)20(3)4)10-9-16(19-2)14-5-7-15(18)8-6-14/h5-8,13,16-17,19H,9-12H2,1-4H3. The number of rotatable bonds is 6. The first-order valence-electron chi connectivity index (χ1n) is 7.82. The van der Waals surface area contributed by atoms with E-state index < -0.39 is 0 Å². The van der Waals surface area contributed by atoms with E-state index in [1.165, 1.54) is 18.7 Å². The molecule has 0 bridgehead atoms. The Morgan fingerprint density at radius 1 is 1.29 bits per heavy atom. The second kappa shape index (κ2) is 7.73. The van der Waals surface area contributed by atoms with Gasteiger partial charge in [0.05, 0.1) is 0 Å². The van der Waals surface area contributed by atoms with E-state index in [2.05, 4.69) is 83.4 Å². The zero-order chi connectivity index (χ0) is 15.4.